The zero-order valence-corrected chi connectivity index (χ0v) is 21.7. The Hall–Kier alpha value is -4.01. The molecule has 0 atom stereocenters. The van der Waals surface area contributed by atoms with E-state index in [1.807, 2.05) is 19.9 Å². The van der Waals surface area contributed by atoms with Crippen molar-refractivity contribution >= 4 is 11.9 Å². The van der Waals surface area contributed by atoms with Crippen LogP contribution in [0.1, 0.15) is 58.9 Å². The van der Waals surface area contributed by atoms with Crippen molar-refractivity contribution in [2.45, 2.75) is 59.4 Å². The van der Waals surface area contributed by atoms with Gasteiger partial charge in [-0.25, -0.2) is 4.79 Å². The van der Waals surface area contributed by atoms with Crippen LogP contribution in [-0.2, 0) is 28.7 Å². The number of rotatable bonds is 7. The van der Waals surface area contributed by atoms with E-state index in [2.05, 4.69) is 0 Å². The molecule has 3 aromatic carbocycles. The minimum Gasteiger partial charge on any atom is -0.506 e. The number of aliphatic carboxylic acids is 1. The summed E-state index contributed by atoms with van der Waals surface area (Å²) in [4.78, 5) is 23.8. The molecule has 3 aromatic rings. The lowest BCUT2D eigenvalue weighted by molar-refractivity contribution is -0.139. The van der Waals surface area contributed by atoms with Crippen LogP contribution in [0, 0.1) is 13.8 Å². The van der Waals surface area contributed by atoms with Crippen molar-refractivity contribution in [3.63, 3.8) is 0 Å². The van der Waals surface area contributed by atoms with Gasteiger partial charge >= 0.3 is 18.1 Å². The molecule has 3 rings (SSSR count). The first kappa shape index (κ1) is 28.6. The van der Waals surface area contributed by atoms with E-state index in [9.17, 15) is 27.9 Å². The van der Waals surface area contributed by atoms with E-state index in [1.54, 1.807) is 51.1 Å². The van der Waals surface area contributed by atoms with E-state index in [4.69, 9.17) is 14.6 Å². The van der Waals surface area contributed by atoms with Gasteiger partial charge in [0.15, 0.2) is 0 Å². The van der Waals surface area contributed by atoms with Crippen LogP contribution in [0.25, 0.3) is 11.1 Å². The Bertz CT molecular complexity index is 1350. The highest BCUT2D eigenvalue weighted by atomic mass is 19.4. The molecule has 0 fully saturated rings. The number of carboxylic acids is 1. The van der Waals surface area contributed by atoms with Gasteiger partial charge in [-0.1, -0.05) is 30.3 Å². The Morgan fingerprint density at radius 3 is 2.03 bits per heavy atom. The topological polar surface area (TPSA) is 93.1 Å². The fraction of sp³-hybridized carbons (Fsp3) is 0.310. The van der Waals surface area contributed by atoms with Gasteiger partial charge in [0.25, 0.3) is 0 Å². The SMILES string of the molecule is Cc1c(CC(=O)O)ccc(-c2ccc(OCc3ccc(C(F)(F)F)c(O)c3C(=O)OC(C)(C)C)cc2)c1C. The summed E-state index contributed by atoms with van der Waals surface area (Å²) >= 11 is 0. The lowest BCUT2D eigenvalue weighted by Crippen LogP contribution is -2.25. The molecule has 9 heteroatoms. The van der Waals surface area contributed by atoms with E-state index in [-0.39, 0.29) is 18.6 Å². The van der Waals surface area contributed by atoms with Gasteiger partial charge in [-0.2, -0.15) is 13.2 Å². The number of hydrogen-bond donors (Lipinski definition) is 2. The number of phenolic OH excluding ortho intramolecular Hbond substituents is 1. The summed E-state index contributed by atoms with van der Waals surface area (Å²) in [6.07, 6.45) is -4.93. The van der Waals surface area contributed by atoms with Gasteiger partial charge in [-0.05, 0) is 80.6 Å². The number of hydrogen-bond acceptors (Lipinski definition) is 5. The van der Waals surface area contributed by atoms with E-state index in [1.165, 1.54) is 0 Å². The van der Waals surface area contributed by atoms with Gasteiger partial charge in [0.05, 0.1) is 12.0 Å². The third-order valence-electron chi connectivity index (χ3n) is 5.97. The highest BCUT2D eigenvalue weighted by molar-refractivity contribution is 5.95. The number of benzene rings is 3. The maximum absolute atomic E-state index is 13.4. The van der Waals surface area contributed by atoms with Gasteiger partial charge < -0.3 is 19.7 Å². The zero-order valence-electron chi connectivity index (χ0n) is 21.7. The predicted octanol–water partition coefficient (Wildman–Crippen LogP) is 6.86. The summed E-state index contributed by atoms with van der Waals surface area (Å²) in [5.41, 5.74) is 1.46. The maximum Gasteiger partial charge on any atom is 0.419 e. The van der Waals surface area contributed by atoms with Gasteiger partial charge in [0.2, 0.25) is 0 Å². The third kappa shape index (κ3) is 6.65. The monoisotopic (exact) mass is 530 g/mol. The second-order valence-electron chi connectivity index (χ2n) is 9.90. The van der Waals surface area contributed by atoms with Gasteiger partial charge in [-0.15, -0.1) is 0 Å². The highest BCUT2D eigenvalue weighted by Gasteiger charge is 2.37. The quantitative estimate of drug-likeness (QED) is 0.324. The predicted molar refractivity (Wildman–Crippen MR) is 135 cm³/mol. The Morgan fingerprint density at radius 1 is 0.868 bits per heavy atom. The molecule has 0 aliphatic heterocycles. The normalized spacial score (nSPS) is 11.8. The van der Waals surface area contributed by atoms with Crippen molar-refractivity contribution in [1.82, 2.24) is 0 Å². The number of phenols is 1. The summed E-state index contributed by atoms with van der Waals surface area (Å²) < 4.78 is 51.0. The van der Waals surface area contributed by atoms with Crippen molar-refractivity contribution in [2.75, 3.05) is 0 Å². The standard InChI is InChI=1S/C29H29F3O6/c1-16-17(2)22(12-8-19(16)14-24(33)34)18-6-10-21(11-7-18)37-15-20-9-13-23(29(30,31)32)26(35)25(20)27(36)38-28(3,4)5/h6-13,35H,14-15H2,1-5H3,(H,33,34). The number of ether oxygens (including phenoxy) is 2. The maximum atomic E-state index is 13.4. The van der Waals surface area contributed by atoms with Crippen LogP contribution < -0.4 is 4.74 Å². The summed E-state index contributed by atoms with van der Waals surface area (Å²) in [6.45, 7) is 8.19. The van der Waals surface area contributed by atoms with Crippen LogP contribution in [0.3, 0.4) is 0 Å². The van der Waals surface area contributed by atoms with Gasteiger partial charge in [0, 0.05) is 5.56 Å². The Labute approximate surface area is 218 Å². The number of halogens is 3. The molecule has 0 bridgehead atoms. The summed E-state index contributed by atoms with van der Waals surface area (Å²) in [5.74, 6) is -2.81. The molecule has 2 N–H and O–H groups in total. The molecule has 0 aliphatic rings. The molecule has 0 saturated heterocycles. The minimum atomic E-state index is -4.86. The zero-order chi connectivity index (χ0) is 28.4. The second-order valence-corrected chi connectivity index (χ2v) is 9.90. The first-order valence-electron chi connectivity index (χ1n) is 11.8. The van der Waals surface area contributed by atoms with E-state index in [0.29, 0.717) is 11.8 Å². The minimum absolute atomic E-state index is 0.0364. The largest absolute Gasteiger partial charge is 0.506 e. The van der Waals surface area contributed by atoms with Crippen molar-refractivity contribution in [1.29, 1.82) is 0 Å². The Morgan fingerprint density at radius 2 is 1.47 bits per heavy atom. The second kappa shape index (κ2) is 10.8. The first-order valence-corrected chi connectivity index (χ1v) is 11.8. The van der Waals surface area contributed by atoms with E-state index < -0.39 is 40.6 Å². The number of alkyl halides is 3. The number of carboxylic acid groups (broad SMARTS) is 1. The number of carbonyl (C=O) groups is 2. The molecule has 202 valence electrons. The molecule has 0 unspecified atom stereocenters. The molecule has 0 amide bonds. The van der Waals surface area contributed by atoms with Crippen molar-refractivity contribution in [3.05, 3.63) is 81.9 Å². The summed E-state index contributed by atoms with van der Waals surface area (Å²) in [5, 5.41) is 19.4. The third-order valence-corrected chi connectivity index (χ3v) is 5.97. The van der Waals surface area contributed by atoms with Crippen LogP contribution in [0.15, 0.2) is 48.5 Å². The number of aromatic hydroxyl groups is 1. The van der Waals surface area contributed by atoms with Crippen LogP contribution >= 0.6 is 0 Å². The van der Waals surface area contributed by atoms with Crippen LogP contribution in [0.5, 0.6) is 11.5 Å². The fourth-order valence-corrected chi connectivity index (χ4v) is 3.97. The van der Waals surface area contributed by atoms with Crippen molar-refractivity contribution in [2.24, 2.45) is 0 Å². The lowest BCUT2D eigenvalue weighted by atomic mass is 9.92. The summed E-state index contributed by atoms with van der Waals surface area (Å²) in [7, 11) is 0. The van der Waals surface area contributed by atoms with Gasteiger partial charge in [-0.3, -0.25) is 4.79 Å². The number of carbonyl (C=O) groups excluding carboxylic acids is 1. The molecule has 38 heavy (non-hydrogen) atoms. The highest BCUT2D eigenvalue weighted by Crippen LogP contribution is 2.40. The molecule has 0 spiro atoms. The molecule has 0 radical (unpaired) electrons. The van der Waals surface area contributed by atoms with E-state index >= 15 is 0 Å². The molecule has 0 heterocycles. The van der Waals surface area contributed by atoms with Crippen molar-refractivity contribution in [3.8, 4) is 22.6 Å². The van der Waals surface area contributed by atoms with E-state index in [0.717, 1.165) is 33.9 Å². The average Bonchev–Trinajstić information content (AvgIpc) is 2.79. The Kier molecular flexibility index (Phi) is 8.09. The van der Waals surface area contributed by atoms with Crippen molar-refractivity contribution < 1.29 is 42.4 Å². The molecule has 6 nitrogen and oxygen atoms in total. The molecular formula is C29H29F3O6. The number of esters is 1. The Balaban J connectivity index is 1.86. The van der Waals surface area contributed by atoms with Crippen LogP contribution in [-0.4, -0.2) is 27.8 Å². The summed E-state index contributed by atoms with van der Waals surface area (Å²) in [6, 6.07) is 12.4. The molecule has 0 aromatic heterocycles. The first-order chi connectivity index (χ1) is 17.6. The average molecular weight is 531 g/mol. The van der Waals surface area contributed by atoms with Crippen LogP contribution in [0.4, 0.5) is 13.2 Å². The molecule has 0 saturated carbocycles. The molecular weight excluding hydrogens is 501 g/mol. The lowest BCUT2D eigenvalue weighted by Gasteiger charge is -2.22. The smallest absolute Gasteiger partial charge is 0.419 e. The molecule has 0 aliphatic carbocycles. The van der Waals surface area contributed by atoms with Gasteiger partial charge in [0.1, 0.15) is 29.3 Å². The fourth-order valence-electron chi connectivity index (χ4n) is 3.97. The van der Waals surface area contributed by atoms with Crippen LogP contribution in [0.2, 0.25) is 0 Å².